The molecule has 5 heteroatoms. The smallest absolute Gasteiger partial charge is 0.323 e. The molecule has 0 amide bonds. The molecular weight excluding hydrogens is 206 g/mol. The van der Waals surface area contributed by atoms with Crippen molar-refractivity contribution in [2.45, 2.75) is 39.3 Å². The maximum atomic E-state index is 11.3. The van der Waals surface area contributed by atoms with Crippen LogP contribution in [0.1, 0.15) is 27.7 Å². The Morgan fingerprint density at radius 2 is 1.93 bits per heavy atom. The molecule has 0 rings (SSSR count). The molecule has 0 aliphatic heterocycles. The second-order valence-electron chi connectivity index (χ2n) is 3.99. The van der Waals surface area contributed by atoms with Crippen molar-refractivity contribution in [3.05, 3.63) is 0 Å². The summed E-state index contributed by atoms with van der Waals surface area (Å²) in [6.07, 6.45) is 0. The highest BCUT2D eigenvalue weighted by Crippen LogP contribution is 2.08. The number of carbonyl (C=O) groups is 2. The average Bonchev–Trinajstić information content (AvgIpc) is 1.96. The summed E-state index contributed by atoms with van der Waals surface area (Å²) in [5.41, 5.74) is -0.516. The van der Waals surface area contributed by atoms with E-state index in [-0.39, 0.29) is 6.54 Å². The van der Waals surface area contributed by atoms with Gasteiger partial charge in [-0.3, -0.25) is 14.9 Å². The normalized spacial score (nSPS) is 13.5. The van der Waals surface area contributed by atoms with E-state index < -0.39 is 22.9 Å². The molecule has 0 aromatic carbocycles. The van der Waals surface area contributed by atoms with E-state index in [1.807, 2.05) is 0 Å². The zero-order chi connectivity index (χ0) is 11.4. The molecule has 0 spiro atoms. The SMILES string of the molecule is C[C@H](NCC(=O)Cl)C(=O)OC(C)(C)C. The van der Waals surface area contributed by atoms with Crippen LogP contribution in [0.5, 0.6) is 0 Å². The second kappa shape index (κ2) is 5.32. The van der Waals surface area contributed by atoms with Crippen LogP contribution in [0, 0.1) is 0 Å². The number of hydrogen-bond acceptors (Lipinski definition) is 4. The van der Waals surface area contributed by atoms with Crippen LogP contribution in [0.3, 0.4) is 0 Å². The molecule has 0 unspecified atom stereocenters. The Bertz CT molecular complexity index is 223. The predicted octanol–water partition coefficient (Wildman–Crippen LogP) is 1.07. The second-order valence-corrected chi connectivity index (χ2v) is 4.41. The van der Waals surface area contributed by atoms with Crippen LogP contribution in [0.2, 0.25) is 0 Å². The van der Waals surface area contributed by atoms with Gasteiger partial charge in [-0.1, -0.05) is 0 Å². The van der Waals surface area contributed by atoms with Crippen molar-refractivity contribution in [1.82, 2.24) is 5.32 Å². The van der Waals surface area contributed by atoms with Gasteiger partial charge in [0.25, 0.3) is 0 Å². The van der Waals surface area contributed by atoms with Gasteiger partial charge in [0, 0.05) is 0 Å². The zero-order valence-electron chi connectivity index (χ0n) is 8.89. The average molecular weight is 222 g/mol. The van der Waals surface area contributed by atoms with Gasteiger partial charge >= 0.3 is 5.97 Å². The number of hydrogen-bond donors (Lipinski definition) is 1. The fourth-order valence-electron chi connectivity index (χ4n) is 0.707. The quantitative estimate of drug-likeness (QED) is 0.570. The highest BCUT2D eigenvalue weighted by molar-refractivity contribution is 6.64. The van der Waals surface area contributed by atoms with Gasteiger partial charge in [-0.25, -0.2) is 0 Å². The molecule has 4 nitrogen and oxygen atoms in total. The van der Waals surface area contributed by atoms with Gasteiger partial charge in [-0.05, 0) is 39.3 Å². The molecule has 0 aliphatic rings. The fraction of sp³-hybridized carbons (Fsp3) is 0.778. The van der Waals surface area contributed by atoms with Crippen LogP contribution in [-0.2, 0) is 14.3 Å². The minimum atomic E-state index is -0.531. The molecule has 14 heavy (non-hydrogen) atoms. The van der Waals surface area contributed by atoms with Crippen molar-refractivity contribution in [2.24, 2.45) is 0 Å². The molecule has 0 bridgehead atoms. The lowest BCUT2D eigenvalue weighted by Gasteiger charge is -2.22. The van der Waals surface area contributed by atoms with E-state index >= 15 is 0 Å². The maximum absolute atomic E-state index is 11.3. The van der Waals surface area contributed by atoms with Gasteiger partial charge in [0.05, 0.1) is 6.54 Å². The Morgan fingerprint density at radius 1 is 1.43 bits per heavy atom. The van der Waals surface area contributed by atoms with Crippen molar-refractivity contribution in [3.8, 4) is 0 Å². The summed E-state index contributed by atoms with van der Waals surface area (Å²) in [6.45, 7) is 6.93. The summed E-state index contributed by atoms with van der Waals surface area (Å²) < 4.78 is 5.08. The van der Waals surface area contributed by atoms with Gasteiger partial charge in [0.15, 0.2) is 0 Å². The summed E-state index contributed by atoms with van der Waals surface area (Å²) in [6, 6.07) is -0.531. The lowest BCUT2D eigenvalue weighted by Crippen LogP contribution is -2.40. The number of ether oxygens (including phenoxy) is 1. The molecular formula is C9H16ClNO3. The van der Waals surface area contributed by atoms with Gasteiger partial charge < -0.3 is 4.74 Å². The van der Waals surface area contributed by atoms with E-state index in [1.165, 1.54) is 0 Å². The standard InChI is InChI=1S/C9H16ClNO3/c1-6(11-5-7(10)12)8(13)14-9(2,3)4/h6,11H,5H2,1-4H3/t6-/m0/s1. The van der Waals surface area contributed by atoms with E-state index in [0.717, 1.165) is 0 Å². The molecule has 1 atom stereocenters. The van der Waals surface area contributed by atoms with E-state index in [9.17, 15) is 9.59 Å². The molecule has 1 N–H and O–H groups in total. The highest BCUT2D eigenvalue weighted by Gasteiger charge is 2.21. The first-order valence-electron chi connectivity index (χ1n) is 4.37. The number of halogens is 1. The van der Waals surface area contributed by atoms with Gasteiger partial charge in [-0.2, -0.15) is 0 Å². The first kappa shape index (κ1) is 13.4. The van der Waals surface area contributed by atoms with Crippen LogP contribution in [0.15, 0.2) is 0 Å². The minimum absolute atomic E-state index is 0.0397. The van der Waals surface area contributed by atoms with E-state index in [0.29, 0.717) is 0 Å². The molecule has 0 heterocycles. The lowest BCUT2D eigenvalue weighted by atomic mass is 10.2. The minimum Gasteiger partial charge on any atom is -0.459 e. The lowest BCUT2D eigenvalue weighted by molar-refractivity contribution is -0.156. The van der Waals surface area contributed by atoms with Crippen molar-refractivity contribution in [3.63, 3.8) is 0 Å². The number of nitrogens with one attached hydrogen (secondary N) is 1. The Balaban J connectivity index is 3.94. The van der Waals surface area contributed by atoms with Crippen LogP contribution >= 0.6 is 11.6 Å². The molecule has 0 fully saturated rings. The van der Waals surface area contributed by atoms with Crippen LogP contribution in [0.25, 0.3) is 0 Å². The Labute approximate surface area is 88.9 Å². The summed E-state index contributed by atoms with van der Waals surface area (Å²) in [4.78, 5) is 21.7. The summed E-state index contributed by atoms with van der Waals surface area (Å²) in [5, 5.41) is 2.12. The van der Waals surface area contributed by atoms with Crippen LogP contribution < -0.4 is 5.32 Å². The van der Waals surface area contributed by atoms with Crippen molar-refractivity contribution in [1.29, 1.82) is 0 Å². The van der Waals surface area contributed by atoms with Crippen LogP contribution in [0.4, 0.5) is 0 Å². The fourth-order valence-corrected chi connectivity index (χ4v) is 0.784. The highest BCUT2D eigenvalue weighted by atomic mass is 35.5. The van der Waals surface area contributed by atoms with Crippen LogP contribution in [-0.4, -0.2) is 29.4 Å². The van der Waals surface area contributed by atoms with E-state index in [4.69, 9.17) is 16.3 Å². The summed E-state index contributed by atoms with van der Waals surface area (Å²) >= 11 is 5.11. The first-order chi connectivity index (χ1) is 6.22. The first-order valence-corrected chi connectivity index (χ1v) is 4.75. The molecule has 0 aromatic rings. The third-order valence-electron chi connectivity index (χ3n) is 1.31. The van der Waals surface area contributed by atoms with Gasteiger partial charge in [0.2, 0.25) is 5.24 Å². The van der Waals surface area contributed by atoms with E-state index in [2.05, 4.69) is 5.32 Å². The number of rotatable bonds is 4. The third kappa shape index (κ3) is 6.86. The molecule has 0 aliphatic carbocycles. The molecule has 0 saturated heterocycles. The molecule has 0 aromatic heterocycles. The summed E-state index contributed by atoms with van der Waals surface area (Å²) in [5.74, 6) is -0.393. The predicted molar refractivity (Wildman–Crippen MR) is 54.2 cm³/mol. The van der Waals surface area contributed by atoms with Crippen molar-refractivity contribution >= 4 is 22.8 Å². The van der Waals surface area contributed by atoms with Gasteiger partial charge in [-0.15, -0.1) is 0 Å². The Hall–Kier alpha value is -0.610. The molecule has 0 saturated carbocycles. The molecule has 0 radical (unpaired) electrons. The third-order valence-corrected chi connectivity index (χ3v) is 1.44. The molecule has 82 valence electrons. The van der Waals surface area contributed by atoms with Crippen molar-refractivity contribution in [2.75, 3.05) is 6.54 Å². The monoisotopic (exact) mass is 221 g/mol. The van der Waals surface area contributed by atoms with E-state index in [1.54, 1.807) is 27.7 Å². The number of carbonyl (C=O) groups excluding carboxylic acids is 2. The summed E-state index contributed by atoms with van der Waals surface area (Å²) in [7, 11) is 0. The maximum Gasteiger partial charge on any atom is 0.323 e. The zero-order valence-corrected chi connectivity index (χ0v) is 9.64. The topological polar surface area (TPSA) is 55.4 Å². The van der Waals surface area contributed by atoms with Crippen molar-refractivity contribution < 1.29 is 14.3 Å². The Morgan fingerprint density at radius 3 is 2.29 bits per heavy atom. The largest absolute Gasteiger partial charge is 0.459 e. The van der Waals surface area contributed by atoms with Gasteiger partial charge in [0.1, 0.15) is 11.6 Å². The Kier molecular flexibility index (Phi) is 5.08. The number of esters is 1.